The predicted octanol–water partition coefficient (Wildman–Crippen LogP) is 6.56. The fourth-order valence-corrected chi connectivity index (χ4v) is 6.23. The lowest BCUT2D eigenvalue weighted by Gasteiger charge is -2.31. The third-order valence-corrected chi connectivity index (χ3v) is 8.56. The Morgan fingerprint density at radius 1 is 1.07 bits per heavy atom. The molecule has 0 radical (unpaired) electrons. The first-order valence-corrected chi connectivity index (χ1v) is 14.6. The Morgan fingerprint density at radius 3 is 2.45 bits per heavy atom. The first-order chi connectivity index (χ1) is 19.1. The Morgan fingerprint density at radius 2 is 1.77 bits per heavy atom. The van der Waals surface area contributed by atoms with Crippen molar-refractivity contribution < 1.29 is 22.8 Å². The summed E-state index contributed by atoms with van der Waals surface area (Å²) in [6.45, 7) is 1.02. The fourth-order valence-electron chi connectivity index (χ4n) is 4.71. The molecule has 5 rings (SSSR count). The lowest BCUT2D eigenvalue weighted by atomic mass is 9.94. The van der Waals surface area contributed by atoms with Crippen LogP contribution in [0.3, 0.4) is 0 Å². The number of amides is 2. The zero-order valence-corrected chi connectivity index (χ0v) is 23.4. The van der Waals surface area contributed by atoms with Crippen molar-refractivity contribution in [3.05, 3.63) is 81.9 Å². The summed E-state index contributed by atoms with van der Waals surface area (Å²) in [4.78, 5) is 33.4. The monoisotopic (exact) mass is 585 g/mol. The number of thiazole rings is 1. The number of halogens is 3. The largest absolute Gasteiger partial charge is 0.416 e. The average Bonchev–Trinajstić information content (AvgIpc) is 3.59. The van der Waals surface area contributed by atoms with E-state index in [0.29, 0.717) is 54.1 Å². The van der Waals surface area contributed by atoms with Crippen molar-refractivity contribution in [1.82, 2.24) is 19.7 Å². The number of nitrogens with one attached hydrogen (secondary N) is 1. The van der Waals surface area contributed by atoms with Gasteiger partial charge in [-0.3, -0.25) is 14.3 Å². The molecule has 40 heavy (non-hydrogen) atoms. The lowest BCUT2D eigenvalue weighted by molar-refractivity contribution is -0.137. The summed E-state index contributed by atoms with van der Waals surface area (Å²) in [6.07, 6.45) is 0.720. The summed E-state index contributed by atoms with van der Waals surface area (Å²) in [5.41, 5.74) is 1.20. The molecule has 2 aromatic carbocycles. The van der Waals surface area contributed by atoms with Crippen molar-refractivity contribution >= 4 is 40.7 Å². The number of hydrogen-bond acceptors (Lipinski definition) is 6. The Kier molecular flexibility index (Phi) is 7.99. The molecule has 1 fully saturated rings. The first kappa shape index (κ1) is 27.9. The van der Waals surface area contributed by atoms with Gasteiger partial charge in [-0.1, -0.05) is 30.3 Å². The molecule has 0 unspecified atom stereocenters. The zero-order valence-electron chi connectivity index (χ0n) is 21.7. The Labute approximate surface area is 237 Å². The first-order valence-electron chi connectivity index (χ1n) is 12.5. The summed E-state index contributed by atoms with van der Waals surface area (Å²) in [6, 6.07) is 11.8. The van der Waals surface area contributed by atoms with Crippen molar-refractivity contribution in [2.45, 2.75) is 29.8 Å². The van der Waals surface area contributed by atoms with Crippen LogP contribution in [0.15, 0.2) is 65.0 Å². The van der Waals surface area contributed by atoms with Gasteiger partial charge in [0, 0.05) is 43.2 Å². The average molecular weight is 586 g/mol. The molecule has 1 saturated heterocycles. The van der Waals surface area contributed by atoms with Crippen LogP contribution in [0.2, 0.25) is 0 Å². The Balaban J connectivity index is 1.23. The van der Waals surface area contributed by atoms with Gasteiger partial charge in [-0.25, -0.2) is 4.98 Å². The molecule has 12 heteroatoms. The number of likely N-dealkylation sites (tertiary alicyclic amines) is 1. The molecule has 4 aromatic rings. The molecule has 0 saturated carbocycles. The Bertz CT molecular complexity index is 1520. The number of anilines is 1. The SMILES string of the molecule is CSc1cn(C)nc1NC(=O)c1csc(C2CCN(C(=O)c3ccccc3-c3ccc(C(F)(F)F)cc3)CC2)n1. The van der Waals surface area contributed by atoms with E-state index in [1.807, 2.05) is 12.5 Å². The molecule has 208 valence electrons. The fraction of sp³-hybridized carbons (Fsp3) is 0.286. The van der Waals surface area contributed by atoms with Gasteiger partial charge in [-0.15, -0.1) is 23.1 Å². The van der Waals surface area contributed by atoms with E-state index in [-0.39, 0.29) is 17.7 Å². The van der Waals surface area contributed by atoms with Crippen LogP contribution < -0.4 is 5.32 Å². The summed E-state index contributed by atoms with van der Waals surface area (Å²) < 4.78 is 40.6. The van der Waals surface area contributed by atoms with Crippen LogP contribution in [0.4, 0.5) is 19.0 Å². The topological polar surface area (TPSA) is 80.1 Å². The van der Waals surface area contributed by atoms with Crippen LogP contribution in [0.25, 0.3) is 11.1 Å². The summed E-state index contributed by atoms with van der Waals surface area (Å²) in [5, 5.41) is 9.71. The van der Waals surface area contributed by atoms with E-state index in [0.717, 1.165) is 22.0 Å². The van der Waals surface area contributed by atoms with Crippen molar-refractivity contribution in [2.75, 3.05) is 24.7 Å². The number of thioether (sulfide) groups is 1. The van der Waals surface area contributed by atoms with Gasteiger partial charge in [0.25, 0.3) is 11.8 Å². The maximum absolute atomic E-state index is 13.5. The number of carbonyl (C=O) groups is 2. The Hall–Kier alpha value is -3.64. The van der Waals surface area contributed by atoms with Gasteiger partial charge in [0.2, 0.25) is 0 Å². The highest BCUT2D eigenvalue weighted by Crippen LogP contribution is 2.34. The summed E-state index contributed by atoms with van der Waals surface area (Å²) >= 11 is 2.93. The van der Waals surface area contributed by atoms with Crippen molar-refractivity contribution in [2.24, 2.45) is 7.05 Å². The minimum absolute atomic E-state index is 0.123. The molecule has 1 N–H and O–H groups in total. The number of alkyl halides is 3. The molecule has 7 nitrogen and oxygen atoms in total. The molecule has 3 heterocycles. The second kappa shape index (κ2) is 11.5. The van der Waals surface area contributed by atoms with Crippen LogP contribution in [0.5, 0.6) is 0 Å². The standard InChI is InChI=1S/C28H26F3N5O2S2/c1-35-15-23(39-2)24(34-35)33-25(37)22-16-40-26(32-22)18-11-13-36(14-12-18)27(38)21-6-4-3-5-20(21)17-7-9-19(10-8-17)28(29,30)31/h3-10,15-16,18H,11-14H2,1-2H3,(H,33,34,37). The lowest BCUT2D eigenvalue weighted by Crippen LogP contribution is -2.38. The molecule has 0 atom stereocenters. The van der Waals surface area contributed by atoms with Gasteiger partial charge < -0.3 is 10.2 Å². The minimum atomic E-state index is -4.42. The number of hydrogen-bond donors (Lipinski definition) is 1. The number of benzene rings is 2. The maximum atomic E-state index is 13.5. The zero-order chi connectivity index (χ0) is 28.4. The van der Waals surface area contributed by atoms with E-state index < -0.39 is 11.7 Å². The highest BCUT2D eigenvalue weighted by atomic mass is 32.2. The van der Waals surface area contributed by atoms with Crippen molar-refractivity contribution in [1.29, 1.82) is 0 Å². The van der Waals surface area contributed by atoms with Gasteiger partial charge in [-0.2, -0.15) is 18.3 Å². The maximum Gasteiger partial charge on any atom is 0.416 e. The number of aryl methyl sites for hydroxylation is 1. The van der Waals surface area contributed by atoms with E-state index in [1.54, 1.807) is 46.3 Å². The molecule has 0 bridgehead atoms. The minimum Gasteiger partial charge on any atom is -0.339 e. The second-order valence-corrected chi connectivity index (χ2v) is 11.2. The van der Waals surface area contributed by atoms with Crippen molar-refractivity contribution in [3.63, 3.8) is 0 Å². The molecule has 2 aromatic heterocycles. The summed E-state index contributed by atoms with van der Waals surface area (Å²) in [7, 11) is 1.79. The van der Waals surface area contributed by atoms with Crippen molar-refractivity contribution in [3.8, 4) is 11.1 Å². The molecular weight excluding hydrogens is 559 g/mol. The second-order valence-electron chi connectivity index (χ2n) is 9.43. The number of carbonyl (C=O) groups excluding carboxylic acids is 2. The predicted molar refractivity (Wildman–Crippen MR) is 150 cm³/mol. The van der Waals surface area contributed by atoms with E-state index in [1.165, 1.54) is 35.2 Å². The highest BCUT2D eigenvalue weighted by molar-refractivity contribution is 7.98. The quantitative estimate of drug-likeness (QED) is 0.260. The van der Waals surface area contributed by atoms with Gasteiger partial charge in [-0.05, 0) is 48.4 Å². The van der Waals surface area contributed by atoms with E-state index in [2.05, 4.69) is 15.4 Å². The van der Waals surface area contributed by atoms with E-state index >= 15 is 0 Å². The smallest absolute Gasteiger partial charge is 0.339 e. The molecule has 0 aliphatic carbocycles. The molecular formula is C28H26F3N5O2S2. The third kappa shape index (κ3) is 5.92. The molecule has 1 aliphatic heterocycles. The molecule has 1 aliphatic rings. The molecule has 0 spiro atoms. The number of nitrogens with zero attached hydrogens (tertiary/aromatic N) is 4. The normalized spacial score (nSPS) is 14.4. The van der Waals surface area contributed by atoms with Crippen LogP contribution in [0.1, 0.15) is 50.2 Å². The highest BCUT2D eigenvalue weighted by Gasteiger charge is 2.31. The third-order valence-electron chi connectivity index (χ3n) is 6.81. The van der Waals surface area contributed by atoms with E-state index in [4.69, 9.17) is 0 Å². The summed E-state index contributed by atoms with van der Waals surface area (Å²) in [5.74, 6) is 0.146. The van der Waals surface area contributed by atoms with Gasteiger partial charge in [0.1, 0.15) is 5.69 Å². The van der Waals surface area contributed by atoms with Crippen LogP contribution in [-0.2, 0) is 13.2 Å². The van der Waals surface area contributed by atoms with Crippen LogP contribution >= 0.6 is 23.1 Å². The molecule has 2 amide bonds. The van der Waals surface area contributed by atoms with Gasteiger partial charge >= 0.3 is 6.18 Å². The van der Waals surface area contributed by atoms with Gasteiger partial charge in [0.15, 0.2) is 5.82 Å². The number of rotatable bonds is 6. The van der Waals surface area contributed by atoms with Crippen LogP contribution in [0, 0.1) is 0 Å². The van der Waals surface area contributed by atoms with Crippen LogP contribution in [-0.4, -0.2) is 50.8 Å². The number of aromatic nitrogens is 3. The van der Waals surface area contributed by atoms with E-state index in [9.17, 15) is 22.8 Å². The van der Waals surface area contributed by atoms with Gasteiger partial charge in [0.05, 0.1) is 15.5 Å². The number of piperidine rings is 1.